The lowest BCUT2D eigenvalue weighted by Crippen LogP contribution is -2.34. The maximum absolute atomic E-state index is 11.3. The Morgan fingerprint density at radius 1 is 1.29 bits per heavy atom. The first kappa shape index (κ1) is 9.00. The molecule has 0 spiro atoms. The highest BCUT2D eigenvalue weighted by Gasteiger charge is 2.15. The van der Waals surface area contributed by atoms with Gasteiger partial charge >= 0.3 is 0 Å². The predicted octanol–water partition coefficient (Wildman–Crippen LogP) is 1.98. The molecule has 0 saturated carbocycles. The van der Waals surface area contributed by atoms with Crippen LogP contribution in [0.2, 0.25) is 0 Å². The fourth-order valence-electron chi connectivity index (χ4n) is 1.74. The van der Waals surface area contributed by atoms with Crippen LogP contribution in [0.3, 0.4) is 0 Å². The van der Waals surface area contributed by atoms with Crippen LogP contribution in [-0.4, -0.2) is 11.9 Å². The Morgan fingerprint density at radius 2 is 2.00 bits per heavy atom. The Kier molecular flexibility index (Phi) is 2.35. The van der Waals surface area contributed by atoms with E-state index in [2.05, 4.69) is 5.32 Å². The smallest absolute Gasteiger partial charge is 0.244 e. The van der Waals surface area contributed by atoms with Gasteiger partial charge in [-0.1, -0.05) is 30.3 Å². The average molecular weight is 187 g/mol. The van der Waals surface area contributed by atoms with E-state index >= 15 is 0 Å². The molecule has 0 fully saturated rings. The van der Waals surface area contributed by atoms with Crippen LogP contribution in [0.15, 0.2) is 36.4 Å². The minimum absolute atomic E-state index is 0.0163. The Bertz CT molecular complexity index is 367. The van der Waals surface area contributed by atoms with Gasteiger partial charge in [-0.05, 0) is 24.5 Å². The maximum atomic E-state index is 11.3. The van der Waals surface area contributed by atoms with Crippen LogP contribution in [0, 0.1) is 0 Å². The zero-order valence-corrected chi connectivity index (χ0v) is 8.16. The summed E-state index contributed by atoms with van der Waals surface area (Å²) < 4.78 is 0. The molecule has 2 nitrogen and oxygen atoms in total. The zero-order chi connectivity index (χ0) is 9.97. The number of nitrogens with one attached hydrogen (secondary N) is 1. The van der Waals surface area contributed by atoms with Gasteiger partial charge < -0.3 is 5.32 Å². The normalized spacial score (nSPS) is 21.4. The lowest BCUT2D eigenvalue weighted by molar-refractivity contribution is -0.117. The summed E-state index contributed by atoms with van der Waals surface area (Å²) in [5, 5.41) is 2.86. The van der Waals surface area contributed by atoms with E-state index < -0.39 is 0 Å². The van der Waals surface area contributed by atoms with Crippen LogP contribution >= 0.6 is 0 Å². The van der Waals surface area contributed by atoms with Crippen molar-refractivity contribution in [1.82, 2.24) is 5.32 Å². The van der Waals surface area contributed by atoms with E-state index in [1.165, 1.54) is 0 Å². The molecule has 1 atom stereocenters. The van der Waals surface area contributed by atoms with Crippen LogP contribution in [-0.2, 0) is 4.79 Å². The number of benzene rings is 1. The molecule has 14 heavy (non-hydrogen) atoms. The molecule has 1 aliphatic rings. The summed E-state index contributed by atoms with van der Waals surface area (Å²) >= 11 is 0. The van der Waals surface area contributed by atoms with E-state index in [4.69, 9.17) is 0 Å². The second-order valence-corrected chi connectivity index (χ2v) is 3.65. The van der Waals surface area contributed by atoms with Gasteiger partial charge in [0.2, 0.25) is 5.91 Å². The number of rotatable bonds is 1. The van der Waals surface area contributed by atoms with E-state index in [1.54, 1.807) is 6.08 Å². The Hall–Kier alpha value is -1.57. The second kappa shape index (κ2) is 3.66. The van der Waals surface area contributed by atoms with Gasteiger partial charge in [0, 0.05) is 12.1 Å². The van der Waals surface area contributed by atoms with E-state index in [0.717, 1.165) is 17.6 Å². The average Bonchev–Trinajstić information content (AvgIpc) is 2.18. The van der Waals surface area contributed by atoms with Crippen molar-refractivity contribution in [2.24, 2.45) is 0 Å². The second-order valence-electron chi connectivity index (χ2n) is 3.65. The lowest BCUT2D eigenvalue weighted by atomic mass is 9.96. The van der Waals surface area contributed by atoms with Crippen molar-refractivity contribution in [1.29, 1.82) is 0 Å². The first-order chi connectivity index (χ1) is 6.75. The highest BCUT2D eigenvalue weighted by molar-refractivity contribution is 5.97. The molecule has 1 aromatic carbocycles. The van der Waals surface area contributed by atoms with Crippen molar-refractivity contribution < 1.29 is 4.79 Å². The topological polar surface area (TPSA) is 29.1 Å². The molecule has 0 aliphatic carbocycles. The van der Waals surface area contributed by atoms with Crippen LogP contribution in [0.1, 0.15) is 18.9 Å². The molecule has 1 amide bonds. The van der Waals surface area contributed by atoms with Crippen molar-refractivity contribution >= 4 is 11.5 Å². The fraction of sp³-hybridized carbons (Fsp3) is 0.250. The molecule has 1 N–H and O–H groups in total. The molecular formula is C12H13NO. The van der Waals surface area contributed by atoms with E-state index in [1.807, 2.05) is 37.3 Å². The minimum atomic E-state index is 0.0163. The maximum Gasteiger partial charge on any atom is 0.244 e. The summed E-state index contributed by atoms with van der Waals surface area (Å²) in [4.78, 5) is 11.3. The van der Waals surface area contributed by atoms with Gasteiger partial charge in [-0.25, -0.2) is 0 Å². The number of hydrogen-bond acceptors (Lipinski definition) is 1. The first-order valence-corrected chi connectivity index (χ1v) is 4.82. The molecule has 1 aromatic rings. The molecular weight excluding hydrogens is 174 g/mol. The van der Waals surface area contributed by atoms with Crippen LogP contribution < -0.4 is 5.32 Å². The van der Waals surface area contributed by atoms with E-state index in [-0.39, 0.29) is 11.9 Å². The van der Waals surface area contributed by atoms with Gasteiger partial charge in [-0.2, -0.15) is 0 Å². The molecule has 2 rings (SSSR count). The van der Waals surface area contributed by atoms with Gasteiger partial charge in [-0.3, -0.25) is 4.79 Å². The first-order valence-electron chi connectivity index (χ1n) is 4.82. The van der Waals surface area contributed by atoms with Crippen LogP contribution in [0.5, 0.6) is 0 Å². The van der Waals surface area contributed by atoms with Crippen molar-refractivity contribution in [2.75, 3.05) is 0 Å². The predicted molar refractivity (Wildman–Crippen MR) is 56.6 cm³/mol. The van der Waals surface area contributed by atoms with Crippen molar-refractivity contribution in [3.05, 3.63) is 42.0 Å². The molecule has 0 saturated heterocycles. The third kappa shape index (κ3) is 1.84. The number of carbonyl (C=O) groups excluding carboxylic acids is 1. The van der Waals surface area contributed by atoms with Gasteiger partial charge in [0.25, 0.3) is 0 Å². The van der Waals surface area contributed by atoms with Crippen LogP contribution in [0.4, 0.5) is 0 Å². The Balaban J connectivity index is 2.31. The van der Waals surface area contributed by atoms with Crippen molar-refractivity contribution in [3.8, 4) is 0 Å². The van der Waals surface area contributed by atoms with Crippen molar-refractivity contribution in [3.63, 3.8) is 0 Å². The minimum Gasteiger partial charge on any atom is -0.350 e. The molecule has 72 valence electrons. The summed E-state index contributed by atoms with van der Waals surface area (Å²) in [5.41, 5.74) is 2.27. The molecule has 1 heterocycles. The monoisotopic (exact) mass is 187 g/mol. The summed E-state index contributed by atoms with van der Waals surface area (Å²) in [6.45, 7) is 2.02. The molecule has 0 aromatic heterocycles. The SMILES string of the molecule is CC1CC(c2ccccc2)=CC(=O)N1. The fourth-order valence-corrected chi connectivity index (χ4v) is 1.74. The zero-order valence-electron chi connectivity index (χ0n) is 8.16. The van der Waals surface area contributed by atoms with Gasteiger partial charge in [-0.15, -0.1) is 0 Å². The number of hydrogen-bond donors (Lipinski definition) is 1. The molecule has 1 unspecified atom stereocenters. The van der Waals surface area contributed by atoms with Gasteiger partial charge in [0.15, 0.2) is 0 Å². The highest BCUT2D eigenvalue weighted by Crippen LogP contribution is 2.21. The standard InChI is InChI=1S/C12H13NO/c1-9-7-11(8-12(14)13-9)10-5-3-2-4-6-10/h2-6,8-9H,7H2,1H3,(H,13,14). The van der Waals surface area contributed by atoms with E-state index in [0.29, 0.717) is 0 Å². The number of carbonyl (C=O) groups is 1. The molecule has 2 heteroatoms. The summed E-state index contributed by atoms with van der Waals surface area (Å²) in [5.74, 6) is 0.0163. The summed E-state index contributed by atoms with van der Waals surface area (Å²) in [6, 6.07) is 10.3. The Labute approximate surface area is 83.6 Å². The quantitative estimate of drug-likeness (QED) is 0.715. The summed E-state index contributed by atoms with van der Waals surface area (Å²) in [7, 11) is 0. The Morgan fingerprint density at radius 3 is 2.64 bits per heavy atom. The van der Waals surface area contributed by atoms with E-state index in [9.17, 15) is 4.79 Å². The highest BCUT2D eigenvalue weighted by atomic mass is 16.1. The lowest BCUT2D eigenvalue weighted by Gasteiger charge is -2.20. The van der Waals surface area contributed by atoms with Crippen molar-refractivity contribution in [2.45, 2.75) is 19.4 Å². The molecule has 0 radical (unpaired) electrons. The van der Waals surface area contributed by atoms with Gasteiger partial charge in [0.1, 0.15) is 0 Å². The number of amides is 1. The summed E-state index contributed by atoms with van der Waals surface area (Å²) in [6.07, 6.45) is 2.60. The molecule has 0 bridgehead atoms. The molecule has 1 aliphatic heterocycles. The van der Waals surface area contributed by atoms with Crippen LogP contribution in [0.25, 0.3) is 5.57 Å². The third-order valence-electron chi connectivity index (χ3n) is 2.36. The largest absolute Gasteiger partial charge is 0.350 e. The van der Waals surface area contributed by atoms with Gasteiger partial charge in [0.05, 0.1) is 0 Å². The third-order valence-corrected chi connectivity index (χ3v) is 2.36.